The molecule has 0 aromatic heterocycles. The molecule has 0 heterocycles. The highest BCUT2D eigenvalue weighted by Gasteiger charge is 2.02. The van der Waals surface area contributed by atoms with Gasteiger partial charge in [-0.15, -0.1) is 0 Å². The van der Waals surface area contributed by atoms with Crippen LogP contribution in [0.25, 0.3) is 0 Å². The maximum absolute atomic E-state index is 11.1. The van der Waals surface area contributed by atoms with E-state index in [4.69, 9.17) is 0 Å². The number of nitrogens with zero attached hydrogens (tertiary/aromatic N) is 1. The normalized spacial score (nSPS) is 9.00. The summed E-state index contributed by atoms with van der Waals surface area (Å²) in [6.45, 7) is 0. The molecular weight excluding hydrogens is 188 g/mol. The molecule has 0 unspecified atom stereocenters. The predicted molar refractivity (Wildman–Crippen MR) is 50.1 cm³/mol. The molecule has 0 radical (unpaired) electrons. The second-order valence-electron chi connectivity index (χ2n) is 2.30. The minimum absolute atomic E-state index is 0.126. The summed E-state index contributed by atoms with van der Waals surface area (Å²) >= 11 is 0.126. The maximum Gasteiger partial charge on any atom is 0.251 e. The fourth-order valence-corrected chi connectivity index (χ4v) is 1.09. The van der Waals surface area contributed by atoms with Crippen molar-refractivity contribution in [2.45, 2.75) is 0 Å². The van der Waals surface area contributed by atoms with E-state index in [2.05, 4.69) is 9.68 Å². The molecule has 1 rings (SSSR count). The van der Waals surface area contributed by atoms with Crippen LogP contribution in [-0.4, -0.2) is 17.2 Å². The molecule has 0 bridgehead atoms. The van der Waals surface area contributed by atoms with Crippen LogP contribution in [0.15, 0.2) is 28.6 Å². The predicted octanol–water partition coefficient (Wildman–Crippen LogP) is 1.07. The van der Waals surface area contributed by atoms with Crippen LogP contribution < -0.4 is 5.32 Å². The van der Waals surface area contributed by atoms with Gasteiger partial charge in [-0.25, -0.2) is 0 Å². The summed E-state index contributed by atoms with van der Waals surface area (Å²) in [6, 6.07) is 6.56. The first kappa shape index (κ1) is 9.60. The number of benzene rings is 1. The number of nitrogens with one attached hydrogen (secondary N) is 1. The van der Waals surface area contributed by atoms with E-state index >= 15 is 0 Å². The number of amides is 1. The lowest BCUT2D eigenvalue weighted by atomic mass is 10.2. The molecule has 1 amide bonds. The second kappa shape index (κ2) is 4.51. The van der Waals surface area contributed by atoms with Crippen molar-refractivity contribution in [3.63, 3.8) is 0 Å². The maximum atomic E-state index is 11.1. The molecule has 68 valence electrons. The van der Waals surface area contributed by atoms with Crippen molar-refractivity contribution in [2.75, 3.05) is 7.05 Å². The van der Waals surface area contributed by atoms with Crippen LogP contribution in [0.3, 0.4) is 0 Å². The Kier molecular flexibility index (Phi) is 3.33. The van der Waals surface area contributed by atoms with E-state index in [1.54, 1.807) is 31.3 Å². The van der Waals surface area contributed by atoms with Crippen LogP contribution in [0.1, 0.15) is 10.4 Å². The quantitative estimate of drug-likeness (QED) is 0.769. The van der Waals surface area contributed by atoms with E-state index < -0.39 is 0 Å². The van der Waals surface area contributed by atoms with Gasteiger partial charge in [-0.1, -0.05) is 6.07 Å². The lowest BCUT2D eigenvalue weighted by Gasteiger charge is -1.98. The largest absolute Gasteiger partial charge is 0.355 e. The fourth-order valence-electron chi connectivity index (χ4n) is 0.891. The molecule has 0 aliphatic carbocycles. The van der Waals surface area contributed by atoms with Crippen molar-refractivity contribution < 1.29 is 9.00 Å². The Bertz CT molecular complexity index is 372. The summed E-state index contributed by atoms with van der Waals surface area (Å²) in [7, 11) is 1.55. The smallest absolute Gasteiger partial charge is 0.251 e. The van der Waals surface area contributed by atoms with Crippen molar-refractivity contribution in [1.82, 2.24) is 5.32 Å². The Hall–Kier alpha value is -1.49. The zero-order valence-corrected chi connectivity index (χ0v) is 7.80. The number of rotatable bonds is 2. The third-order valence-corrected chi connectivity index (χ3v) is 1.76. The van der Waals surface area contributed by atoms with Gasteiger partial charge in [-0.05, 0) is 18.2 Å². The molecule has 13 heavy (non-hydrogen) atoms. The van der Waals surface area contributed by atoms with Gasteiger partial charge in [0, 0.05) is 12.6 Å². The SMILES string of the molecule is CNC(=O)c1cccc(N=S=O)c1. The molecule has 0 aliphatic heterocycles. The van der Waals surface area contributed by atoms with Crippen LogP contribution >= 0.6 is 0 Å². The van der Waals surface area contributed by atoms with Gasteiger partial charge in [0.2, 0.25) is 11.5 Å². The third kappa shape index (κ3) is 2.48. The van der Waals surface area contributed by atoms with Crippen LogP contribution in [-0.2, 0) is 11.5 Å². The van der Waals surface area contributed by atoms with Gasteiger partial charge < -0.3 is 5.32 Å². The lowest BCUT2D eigenvalue weighted by molar-refractivity contribution is 0.0963. The second-order valence-corrected chi connectivity index (χ2v) is 2.63. The molecule has 5 heteroatoms. The standard InChI is InChI=1S/C8H8N2O2S/c1-9-8(11)6-3-2-4-7(5-6)10-13-12/h2-5H,1H3,(H,9,11). The Balaban J connectivity index is 3.04. The third-order valence-electron chi connectivity index (χ3n) is 1.48. The van der Waals surface area contributed by atoms with Crippen LogP contribution in [0.5, 0.6) is 0 Å². The summed E-state index contributed by atoms with van der Waals surface area (Å²) in [5, 5.41) is 2.49. The highest BCUT2D eigenvalue weighted by molar-refractivity contribution is 7.54. The average molecular weight is 196 g/mol. The van der Waals surface area contributed by atoms with Gasteiger partial charge >= 0.3 is 0 Å². The lowest BCUT2D eigenvalue weighted by Crippen LogP contribution is -2.17. The van der Waals surface area contributed by atoms with Crippen molar-refractivity contribution in [3.05, 3.63) is 29.8 Å². The first-order chi connectivity index (χ1) is 6.27. The molecule has 0 atom stereocenters. The molecule has 1 aromatic carbocycles. The molecular formula is C8H8N2O2S. The zero-order valence-electron chi connectivity index (χ0n) is 6.98. The molecule has 0 saturated heterocycles. The topological polar surface area (TPSA) is 58.5 Å². The van der Waals surface area contributed by atoms with E-state index in [1.807, 2.05) is 0 Å². The van der Waals surface area contributed by atoms with Gasteiger partial charge in [0.15, 0.2) is 0 Å². The van der Waals surface area contributed by atoms with Crippen molar-refractivity contribution in [2.24, 2.45) is 4.36 Å². The first-order valence-electron chi connectivity index (χ1n) is 3.60. The molecule has 0 saturated carbocycles. The monoisotopic (exact) mass is 196 g/mol. The summed E-state index contributed by atoms with van der Waals surface area (Å²) in [5.74, 6) is -0.187. The number of carbonyl (C=O) groups is 1. The number of hydrogen-bond donors (Lipinski definition) is 1. The van der Waals surface area contributed by atoms with E-state index in [0.717, 1.165) is 0 Å². The van der Waals surface area contributed by atoms with E-state index in [0.29, 0.717) is 11.3 Å². The zero-order chi connectivity index (χ0) is 9.68. The van der Waals surface area contributed by atoms with Gasteiger partial charge in [0.05, 0.1) is 5.69 Å². The van der Waals surface area contributed by atoms with Gasteiger partial charge in [0.25, 0.3) is 5.91 Å². The van der Waals surface area contributed by atoms with Gasteiger partial charge in [0.1, 0.15) is 0 Å². The van der Waals surface area contributed by atoms with Crippen LogP contribution in [0.4, 0.5) is 5.69 Å². The van der Waals surface area contributed by atoms with Crippen molar-refractivity contribution >= 4 is 23.1 Å². The summed E-state index contributed by atoms with van der Waals surface area (Å²) < 4.78 is 13.7. The molecule has 0 spiro atoms. The van der Waals surface area contributed by atoms with Gasteiger partial charge in [-0.2, -0.15) is 8.57 Å². The Morgan fingerprint density at radius 1 is 1.54 bits per heavy atom. The van der Waals surface area contributed by atoms with Crippen LogP contribution in [0.2, 0.25) is 0 Å². The molecule has 1 N–H and O–H groups in total. The number of carbonyl (C=O) groups excluding carboxylic acids is 1. The van der Waals surface area contributed by atoms with Gasteiger partial charge in [-0.3, -0.25) is 4.79 Å². The van der Waals surface area contributed by atoms with Crippen molar-refractivity contribution in [1.29, 1.82) is 0 Å². The Morgan fingerprint density at radius 3 is 2.92 bits per heavy atom. The van der Waals surface area contributed by atoms with Crippen molar-refractivity contribution in [3.8, 4) is 0 Å². The van der Waals surface area contributed by atoms with Crippen LogP contribution in [0, 0.1) is 0 Å². The number of hydrogen-bond acceptors (Lipinski definition) is 3. The Labute approximate surface area is 79.2 Å². The first-order valence-corrected chi connectivity index (χ1v) is 4.30. The Morgan fingerprint density at radius 2 is 2.31 bits per heavy atom. The van der Waals surface area contributed by atoms with E-state index in [9.17, 15) is 9.00 Å². The van der Waals surface area contributed by atoms with E-state index in [-0.39, 0.29) is 17.4 Å². The highest BCUT2D eigenvalue weighted by atomic mass is 32.1. The molecule has 0 aliphatic rings. The minimum Gasteiger partial charge on any atom is -0.355 e. The summed E-state index contributed by atoms with van der Waals surface area (Å²) in [6.07, 6.45) is 0. The highest BCUT2D eigenvalue weighted by Crippen LogP contribution is 2.13. The summed E-state index contributed by atoms with van der Waals surface area (Å²) in [4.78, 5) is 11.1. The fraction of sp³-hybridized carbons (Fsp3) is 0.125. The minimum atomic E-state index is -0.187. The molecule has 1 aromatic rings. The van der Waals surface area contributed by atoms with E-state index in [1.165, 1.54) is 0 Å². The molecule has 4 nitrogen and oxygen atoms in total. The average Bonchev–Trinajstić information content (AvgIpc) is 2.18. The molecule has 0 fully saturated rings. The summed E-state index contributed by atoms with van der Waals surface area (Å²) in [5.41, 5.74) is 0.999.